The molecule has 1 aliphatic rings. The van der Waals surface area contributed by atoms with E-state index < -0.39 is 0 Å². The van der Waals surface area contributed by atoms with Crippen molar-refractivity contribution in [3.8, 4) is 0 Å². The van der Waals surface area contributed by atoms with Crippen LogP contribution in [0.15, 0.2) is 33.8 Å². The second kappa shape index (κ2) is 9.07. The minimum atomic E-state index is -0.249. The Bertz CT molecular complexity index is 941. The van der Waals surface area contributed by atoms with Gasteiger partial charge in [0.05, 0.1) is 5.71 Å². The van der Waals surface area contributed by atoms with Crippen molar-refractivity contribution < 1.29 is 14.0 Å². The van der Waals surface area contributed by atoms with E-state index in [4.69, 9.17) is 4.42 Å². The van der Waals surface area contributed by atoms with Crippen LogP contribution in [0.3, 0.4) is 0 Å². The second-order valence-corrected chi connectivity index (χ2v) is 8.02. The Kier molecular flexibility index (Phi) is 6.52. The predicted molar refractivity (Wildman–Crippen MR) is 113 cm³/mol. The van der Waals surface area contributed by atoms with Gasteiger partial charge in [0.15, 0.2) is 5.76 Å². The Labute approximate surface area is 171 Å². The van der Waals surface area contributed by atoms with E-state index in [0.717, 1.165) is 53.8 Å². The van der Waals surface area contributed by atoms with Gasteiger partial charge in [-0.3, -0.25) is 9.59 Å². The SMILES string of the molecule is Cc1cccc(C(=O)N/N=C2\CCCc3oc(C(=O)NCCC(C)C)c(C)c32)c1. The molecule has 2 N–H and O–H groups in total. The lowest BCUT2D eigenvalue weighted by Crippen LogP contribution is -2.25. The maximum Gasteiger partial charge on any atom is 0.287 e. The highest BCUT2D eigenvalue weighted by molar-refractivity contribution is 6.07. The van der Waals surface area contributed by atoms with Crippen LogP contribution >= 0.6 is 0 Å². The normalized spacial score (nSPS) is 14.7. The number of hydrazone groups is 1. The maximum atomic E-state index is 12.5. The summed E-state index contributed by atoms with van der Waals surface area (Å²) in [7, 11) is 0. The van der Waals surface area contributed by atoms with Crippen molar-refractivity contribution >= 4 is 17.5 Å². The molecule has 0 aliphatic heterocycles. The van der Waals surface area contributed by atoms with E-state index in [0.29, 0.717) is 23.8 Å². The van der Waals surface area contributed by atoms with Gasteiger partial charge in [-0.1, -0.05) is 31.5 Å². The zero-order valence-electron chi connectivity index (χ0n) is 17.6. The third-order valence-corrected chi connectivity index (χ3v) is 5.11. The van der Waals surface area contributed by atoms with Crippen LogP contribution in [0.4, 0.5) is 0 Å². The number of hydrogen-bond acceptors (Lipinski definition) is 4. The van der Waals surface area contributed by atoms with Gasteiger partial charge in [-0.2, -0.15) is 5.10 Å². The standard InChI is InChI=1S/C23H29N3O3/c1-14(2)11-12-24-23(28)21-16(4)20-18(9-6-10-19(20)29-21)25-26-22(27)17-8-5-7-15(3)13-17/h5,7-8,13-14H,6,9-12H2,1-4H3,(H,24,28)(H,26,27)/b25-18+. The van der Waals surface area contributed by atoms with Gasteiger partial charge in [0, 0.05) is 29.7 Å². The molecule has 0 fully saturated rings. The fourth-order valence-electron chi connectivity index (χ4n) is 3.52. The van der Waals surface area contributed by atoms with Crippen LogP contribution in [-0.4, -0.2) is 24.1 Å². The molecule has 0 atom stereocenters. The zero-order valence-corrected chi connectivity index (χ0v) is 17.6. The molecule has 0 unspecified atom stereocenters. The van der Waals surface area contributed by atoms with Crippen molar-refractivity contribution in [2.45, 2.75) is 53.4 Å². The zero-order chi connectivity index (χ0) is 21.0. The van der Waals surface area contributed by atoms with Crippen LogP contribution in [0.25, 0.3) is 0 Å². The average Bonchev–Trinajstić information content (AvgIpc) is 3.03. The molecule has 0 saturated carbocycles. The third kappa shape index (κ3) is 4.94. The van der Waals surface area contributed by atoms with Crippen molar-refractivity contribution in [3.05, 3.63) is 58.0 Å². The van der Waals surface area contributed by atoms with Crippen LogP contribution in [0.1, 0.15) is 76.5 Å². The van der Waals surface area contributed by atoms with Crippen molar-refractivity contribution in [1.82, 2.24) is 10.7 Å². The van der Waals surface area contributed by atoms with E-state index in [2.05, 4.69) is 29.7 Å². The molecule has 1 heterocycles. The van der Waals surface area contributed by atoms with Gasteiger partial charge >= 0.3 is 0 Å². The highest BCUT2D eigenvalue weighted by atomic mass is 16.4. The number of amides is 2. The monoisotopic (exact) mass is 395 g/mol. The van der Waals surface area contributed by atoms with Crippen molar-refractivity contribution in [3.63, 3.8) is 0 Å². The summed E-state index contributed by atoms with van der Waals surface area (Å²) in [5, 5.41) is 7.30. The number of nitrogens with one attached hydrogen (secondary N) is 2. The van der Waals surface area contributed by atoms with Crippen LogP contribution in [0, 0.1) is 19.8 Å². The van der Waals surface area contributed by atoms with Gasteiger partial charge in [0.1, 0.15) is 5.76 Å². The van der Waals surface area contributed by atoms with E-state index in [9.17, 15) is 9.59 Å². The molecule has 29 heavy (non-hydrogen) atoms. The van der Waals surface area contributed by atoms with Gasteiger partial charge in [-0.05, 0) is 51.2 Å². The number of aryl methyl sites for hydroxylation is 2. The van der Waals surface area contributed by atoms with E-state index in [1.54, 1.807) is 6.07 Å². The molecule has 2 aromatic rings. The van der Waals surface area contributed by atoms with E-state index in [1.165, 1.54) is 0 Å². The van der Waals surface area contributed by atoms with Crippen molar-refractivity contribution in [1.29, 1.82) is 0 Å². The number of furan rings is 1. The number of benzene rings is 1. The predicted octanol–water partition coefficient (Wildman–Crippen LogP) is 4.14. The molecule has 3 rings (SSSR count). The summed E-state index contributed by atoms with van der Waals surface area (Å²) in [5.74, 6) is 1.20. The molecule has 1 aliphatic carbocycles. The van der Waals surface area contributed by atoms with Crippen LogP contribution in [-0.2, 0) is 6.42 Å². The first-order valence-electron chi connectivity index (χ1n) is 10.2. The second-order valence-electron chi connectivity index (χ2n) is 8.02. The Hall–Kier alpha value is -2.89. The smallest absolute Gasteiger partial charge is 0.287 e. The molecule has 0 spiro atoms. The first kappa shape index (κ1) is 20.8. The maximum absolute atomic E-state index is 12.5. The fourth-order valence-corrected chi connectivity index (χ4v) is 3.52. The minimum Gasteiger partial charge on any atom is -0.455 e. The first-order valence-corrected chi connectivity index (χ1v) is 10.2. The summed E-state index contributed by atoms with van der Waals surface area (Å²) in [6, 6.07) is 7.38. The number of carbonyl (C=O) groups is 2. The van der Waals surface area contributed by atoms with E-state index in [-0.39, 0.29) is 11.8 Å². The van der Waals surface area contributed by atoms with Crippen LogP contribution in [0.5, 0.6) is 0 Å². The number of hydrogen-bond donors (Lipinski definition) is 2. The highest BCUT2D eigenvalue weighted by Gasteiger charge is 2.28. The van der Waals surface area contributed by atoms with Gasteiger partial charge < -0.3 is 9.73 Å². The Morgan fingerprint density at radius 3 is 2.69 bits per heavy atom. The van der Waals surface area contributed by atoms with Crippen molar-refractivity contribution in [2.24, 2.45) is 11.0 Å². The molecule has 1 aromatic heterocycles. The van der Waals surface area contributed by atoms with Crippen molar-refractivity contribution in [2.75, 3.05) is 6.54 Å². The number of rotatable bonds is 6. The molecular weight excluding hydrogens is 366 g/mol. The first-order chi connectivity index (χ1) is 13.9. The topological polar surface area (TPSA) is 83.7 Å². The molecule has 0 radical (unpaired) electrons. The van der Waals surface area contributed by atoms with Crippen LogP contribution < -0.4 is 10.7 Å². The largest absolute Gasteiger partial charge is 0.455 e. The Balaban J connectivity index is 1.77. The van der Waals surface area contributed by atoms with E-state index in [1.807, 2.05) is 32.0 Å². The summed E-state index contributed by atoms with van der Waals surface area (Å²) in [4.78, 5) is 25.0. The molecular formula is C23H29N3O3. The lowest BCUT2D eigenvalue weighted by atomic mass is 9.93. The summed E-state index contributed by atoms with van der Waals surface area (Å²) in [5.41, 5.74) is 6.64. The molecule has 0 bridgehead atoms. The van der Waals surface area contributed by atoms with Gasteiger partial charge in [-0.25, -0.2) is 5.43 Å². The molecule has 1 aromatic carbocycles. The third-order valence-electron chi connectivity index (χ3n) is 5.11. The summed E-state index contributed by atoms with van der Waals surface area (Å²) in [6.07, 6.45) is 3.28. The lowest BCUT2D eigenvalue weighted by Gasteiger charge is -2.13. The van der Waals surface area contributed by atoms with E-state index >= 15 is 0 Å². The molecule has 154 valence electrons. The number of fused-ring (bicyclic) bond motifs is 1. The highest BCUT2D eigenvalue weighted by Crippen LogP contribution is 2.29. The number of carbonyl (C=O) groups excluding carboxylic acids is 2. The minimum absolute atomic E-state index is 0.194. The fraction of sp³-hybridized carbons (Fsp3) is 0.435. The molecule has 0 saturated heterocycles. The van der Waals surface area contributed by atoms with Crippen LogP contribution in [0.2, 0.25) is 0 Å². The lowest BCUT2D eigenvalue weighted by molar-refractivity contribution is 0.0920. The summed E-state index contributed by atoms with van der Waals surface area (Å²) in [6.45, 7) is 8.68. The average molecular weight is 396 g/mol. The van der Waals surface area contributed by atoms with Gasteiger partial charge in [-0.15, -0.1) is 0 Å². The molecule has 2 amide bonds. The number of nitrogens with zero attached hydrogens (tertiary/aromatic N) is 1. The Morgan fingerprint density at radius 1 is 1.17 bits per heavy atom. The Morgan fingerprint density at radius 2 is 1.97 bits per heavy atom. The quantitative estimate of drug-likeness (QED) is 0.721. The summed E-state index contributed by atoms with van der Waals surface area (Å²) >= 11 is 0. The summed E-state index contributed by atoms with van der Waals surface area (Å²) < 4.78 is 5.89. The van der Waals surface area contributed by atoms with Gasteiger partial charge in [0.2, 0.25) is 0 Å². The molecule has 6 nitrogen and oxygen atoms in total. The molecule has 6 heteroatoms. The van der Waals surface area contributed by atoms with Gasteiger partial charge in [0.25, 0.3) is 11.8 Å².